The van der Waals surface area contributed by atoms with Crippen LogP contribution in [-0.2, 0) is 0 Å². The van der Waals surface area contributed by atoms with Gasteiger partial charge in [0.1, 0.15) is 5.75 Å². The highest BCUT2D eigenvalue weighted by molar-refractivity contribution is 5.94. The summed E-state index contributed by atoms with van der Waals surface area (Å²) in [6, 6.07) is 16.0. The Labute approximate surface area is 174 Å². The first kappa shape index (κ1) is 21.1. The topological polar surface area (TPSA) is 48.1 Å². The SMILES string of the molecule is COc1ccc(C(=O)NC[C@@H](c2ccc(N(C)C)cc2)N2CCN(C)CC2)cc1. The number of piperazine rings is 1. The van der Waals surface area contributed by atoms with Crippen LogP contribution in [0.15, 0.2) is 48.5 Å². The van der Waals surface area contributed by atoms with Gasteiger partial charge in [0.15, 0.2) is 0 Å². The molecule has 1 aliphatic heterocycles. The number of nitrogens with zero attached hydrogens (tertiary/aromatic N) is 3. The summed E-state index contributed by atoms with van der Waals surface area (Å²) >= 11 is 0. The number of carbonyl (C=O) groups is 1. The van der Waals surface area contributed by atoms with Gasteiger partial charge in [-0.25, -0.2) is 0 Å². The maximum absolute atomic E-state index is 12.7. The Morgan fingerprint density at radius 1 is 1.03 bits per heavy atom. The number of carbonyl (C=O) groups excluding carboxylic acids is 1. The quantitative estimate of drug-likeness (QED) is 0.779. The third-order valence-corrected chi connectivity index (χ3v) is 5.58. The lowest BCUT2D eigenvalue weighted by molar-refractivity contribution is 0.0886. The van der Waals surface area contributed by atoms with Crippen molar-refractivity contribution in [2.45, 2.75) is 6.04 Å². The van der Waals surface area contributed by atoms with Crippen molar-refractivity contribution in [3.63, 3.8) is 0 Å². The fraction of sp³-hybridized carbons (Fsp3) is 0.435. The molecule has 3 rings (SSSR count). The summed E-state index contributed by atoms with van der Waals surface area (Å²) in [4.78, 5) is 19.6. The zero-order valence-electron chi connectivity index (χ0n) is 17.9. The molecular weight excluding hydrogens is 364 g/mol. The third kappa shape index (κ3) is 5.49. The van der Waals surface area contributed by atoms with E-state index in [0.29, 0.717) is 12.1 Å². The molecule has 1 amide bonds. The van der Waals surface area contributed by atoms with Crippen molar-refractivity contribution < 1.29 is 9.53 Å². The molecule has 1 fully saturated rings. The lowest BCUT2D eigenvalue weighted by atomic mass is 10.0. The molecule has 0 saturated carbocycles. The van der Waals surface area contributed by atoms with Crippen LogP contribution in [0.5, 0.6) is 5.75 Å². The summed E-state index contributed by atoms with van der Waals surface area (Å²) in [5.74, 6) is 0.689. The van der Waals surface area contributed by atoms with Gasteiger partial charge in [0.25, 0.3) is 5.91 Å². The third-order valence-electron chi connectivity index (χ3n) is 5.58. The number of amides is 1. The molecule has 1 aliphatic rings. The molecule has 1 atom stereocenters. The van der Waals surface area contributed by atoms with Gasteiger partial charge in [0.2, 0.25) is 0 Å². The van der Waals surface area contributed by atoms with Crippen molar-refractivity contribution >= 4 is 11.6 Å². The van der Waals surface area contributed by atoms with E-state index in [9.17, 15) is 4.79 Å². The van der Waals surface area contributed by atoms with Crippen LogP contribution in [0, 0.1) is 0 Å². The number of anilines is 1. The highest BCUT2D eigenvalue weighted by atomic mass is 16.5. The molecule has 0 radical (unpaired) electrons. The molecule has 0 unspecified atom stereocenters. The fourth-order valence-corrected chi connectivity index (χ4v) is 3.62. The Bertz CT molecular complexity index is 782. The molecule has 1 heterocycles. The van der Waals surface area contributed by atoms with Gasteiger partial charge in [-0.05, 0) is 49.0 Å². The summed E-state index contributed by atoms with van der Waals surface area (Å²) < 4.78 is 5.17. The predicted octanol–water partition coefficient (Wildman–Crippen LogP) is 2.48. The molecule has 0 aromatic heterocycles. The minimum atomic E-state index is -0.0586. The minimum absolute atomic E-state index is 0.0586. The summed E-state index contributed by atoms with van der Waals surface area (Å²) in [6.45, 7) is 4.65. The largest absolute Gasteiger partial charge is 0.497 e. The second kappa shape index (κ2) is 9.76. The Hall–Kier alpha value is -2.57. The number of hydrogen-bond acceptors (Lipinski definition) is 5. The Balaban J connectivity index is 1.72. The van der Waals surface area contributed by atoms with Gasteiger partial charge in [-0.15, -0.1) is 0 Å². The van der Waals surface area contributed by atoms with Crippen LogP contribution in [0.3, 0.4) is 0 Å². The first-order valence-electron chi connectivity index (χ1n) is 10.1. The van der Waals surface area contributed by atoms with Gasteiger partial charge in [0.05, 0.1) is 13.2 Å². The molecule has 1 saturated heterocycles. The van der Waals surface area contributed by atoms with Crippen LogP contribution >= 0.6 is 0 Å². The van der Waals surface area contributed by atoms with E-state index in [1.165, 1.54) is 11.3 Å². The van der Waals surface area contributed by atoms with Crippen LogP contribution in [0.1, 0.15) is 22.0 Å². The van der Waals surface area contributed by atoms with Crippen LogP contribution in [0.25, 0.3) is 0 Å². The van der Waals surface area contributed by atoms with Crippen molar-refractivity contribution in [1.82, 2.24) is 15.1 Å². The van der Waals surface area contributed by atoms with E-state index < -0.39 is 0 Å². The number of benzene rings is 2. The van der Waals surface area contributed by atoms with Gasteiger partial charge in [0, 0.05) is 58.1 Å². The number of hydrogen-bond donors (Lipinski definition) is 1. The number of methoxy groups -OCH3 is 1. The van der Waals surface area contributed by atoms with Crippen LogP contribution in [0.2, 0.25) is 0 Å². The molecule has 0 aliphatic carbocycles. The van der Waals surface area contributed by atoms with E-state index in [1.807, 2.05) is 26.2 Å². The van der Waals surface area contributed by atoms with E-state index in [-0.39, 0.29) is 11.9 Å². The second-order valence-electron chi connectivity index (χ2n) is 7.78. The summed E-state index contributed by atoms with van der Waals surface area (Å²) in [7, 11) is 7.87. The highest BCUT2D eigenvalue weighted by Crippen LogP contribution is 2.24. The monoisotopic (exact) mass is 396 g/mol. The Morgan fingerprint density at radius 2 is 1.66 bits per heavy atom. The Morgan fingerprint density at radius 3 is 2.21 bits per heavy atom. The molecule has 6 nitrogen and oxygen atoms in total. The van der Waals surface area contributed by atoms with Crippen LogP contribution in [0.4, 0.5) is 5.69 Å². The maximum atomic E-state index is 12.7. The fourth-order valence-electron chi connectivity index (χ4n) is 3.62. The van der Waals surface area contributed by atoms with Gasteiger partial charge in [-0.1, -0.05) is 12.1 Å². The van der Waals surface area contributed by atoms with Crippen LogP contribution < -0.4 is 15.0 Å². The molecule has 2 aromatic carbocycles. The molecule has 0 spiro atoms. The maximum Gasteiger partial charge on any atom is 0.251 e. The molecule has 2 aromatic rings. The molecule has 156 valence electrons. The van der Waals surface area contributed by atoms with Crippen molar-refractivity contribution in [1.29, 1.82) is 0 Å². The second-order valence-corrected chi connectivity index (χ2v) is 7.78. The molecule has 1 N–H and O–H groups in total. The first-order valence-corrected chi connectivity index (χ1v) is 10.1. The summed E-state index contributed by atoms with van der Waals surface area (Å²) in [5.41, 5.74) is 3.05. The standard InChI is InChI=1S/C23H32N4O2/c1-25(2)20-9-5-18(6-10-20)22(27-15-13-26(3)14-16-27)17-24-23(28)19-7-11-21(29-4)12-8-19/h5-12,22H,13-17H2,1-4H3,(H,24,28)/t22-/m0/s1. The van der Waals surface area contributed by atoms with Crippen molar-refractivity contribution in [2.75, 3.05) is 65.9 Å². The zero-order valence-corrected chi connectivity index (χ0v) is 17.9. The summed E-state index contributed by atoms with van der Waals surface area (Å²) in [5, 5.41) is 3.14. The zero-order chi connectivity index (χ0) is 20.8. The minimum Gasteiger partial charge on any atom is -0.497 e. The lowest BCUT2D eigenvalue weighted by Gasteiger charge is -2.38. The average Bonchev–Trinajstić information content (AvgIpc) is 2.75. The molecular formula is C23H32N4O2. The highest BCUT2D eigenvalue weighted by Gasteiger charge is 2.24. The normalized spacial score (nSPS) is 16.3. The first-order chi connectivity index (χ1) is 14.0. The average molecular weight is 397 g/mol. The van der Waals surface area contributed by atoms with Crippen molar-refractivity contribution in [2.24, 2.45) is 0 Å². The number of ether oxygens (including phenoxy) is 1. The summed E-state index contributed by atoms with van der Waals surface area (Å²) in [6.07, 6.45) is 0. The molecule has 6 heteroatoms. The van der Waals surface area contributed by atoms with E-state index in [1.54, 1.807) is 19.2 Å². The van der Waals surface area contributed by atoms with E-state index in [0.717, 1.165) is 31.9 Å². The van der Waals surface area contributed by atoms with Crippen molar-refractivity contribution in [3.8, 4) is 5.75 Å². The number of rotatable bonds is 7. The van der Waals surface area contributed by atoms with Gasteiger partial charge < -0.3 is 19.9 Å². The predicted molar refractivity (Wildman–Crippen MR) is 118 cm³/mol. The molecule has 29 heavy (non-hydrogen) atoms. The van der Waals surface area contributed by atoms with Gasteiger partial charge in [-0.3, -0.25) is 9.69 Å². The van der Waals surface area contributed by atoms with E-state index >= 15 is 0 Å². The van der Waals surface area contributed by atoms with E-state index in [4.69, 9.17) is 4.74 Å². The number of likely N-dealkylation sites (N-methyl/N-ethyl adjacent to an activating group) is 1. The van der Waals surface area contributed by atoms with Gasteiger partial charge >= 0.3 is 0 Å². The number of nitrogens with one attached hydrogen (secondary N) is 1. The van der Waals surface area contributed by atoms with Crippen LogP contribution in [-0.4, -0.2) is 76.7 Å². The lowest BCUT2D eigenvalue weighted by Crippen LogP contribution is -2.48. The van der Waals surface area contributed by atoms with E-state index in [2.05, 4.69) is 51.3 Å². The van der Waals surface area contributed by atoms with Gasteiger partial charge in [-0.2, -0.15) is 0 Å². The van der Waals surface area contributed by atoms with Crippen molar-refractivity contribution in [3.05, 3.63) is 59.7 Å². The molecule has 0 bridgehead atoms. The Kier molecular flexibility index (Phi) is 7.12. The smallest absolute Gasteiger partial charge is 0.251 e.